The number of amides is 1. The topological polar surface area (TPSA) is 134 Å². The Hall–Kier alpha value is -3.56. The van der Waals surface area contributed by atoms with Crippen molar-refractivity contribution < 1.29 is 9.53 Å². The van der Waals surface area contributed by atoms with Gasteiger partial charge in [0.05, 0.1) is 11.2 Å². The van der Waals surface area contributed by atoms with Gasteiger partial charge in [0.2, 0.25) is 5.95 Å². The minimum Gasteiger partial charge on any atom is -0.444 e. The highest BCUT2D eigenvalue weighted by molar-refractivity contribution is 5.91. The number of benzene rings is 1. The Labute approximate surface area is 193 Å². The number of ether oxygens (including phenoxy) is 1. The number of rotatable bonds is 4. The summed E-state index contributed by atoms with van der Waals surface area (Å²) in [6.07, 6.45) is 1.41. The molecule has 0 unspecified atom stereocenters. The highest BCUT2D eigenvalue weighted by Gasteiger charge is 2.29. The van der Waals surface area contributed by atoms with Crippen molar-refractivity contribution in [1.29, 1.82) is 0 Å². The Morgan fingerprint density at radius 2 is 2.03 bits per heavy atom. The molecule has 2 atom stereocenters. The van der Waals surface area contributed by atoms with Crippen molar-refractivity contribution in [3.8, 4) is 11.3 Å². The van der Waals surface area contributed by atoms with Crippen molar-refractivity contribution in [2.45, 2.75) is 58.2 Å². The number of anilines is 3. The Morgan fingerprint density at radius 3 is 2.76 bits per heavy atom. The van der Waals surface area contributed by atoms with Crippen molar-refractivity contribution in [2.75, 3.05) is 29.5 Å². The number of nitrogens with one attached hydrogen (secondary N) is 3. The van der Waals surface area contributed by atoms with E-state index in [0.29, 0.717) is 18.3 Å². The highest BCUT2D eigenvalue weighted by Crippen LogP contribution is 2.30. The lowest BCUT2D eigenvalue weighted by Crippen LogP contribution is -2.52. The van der Waals surface area contributed by atoms with Crippen molar-refractivity contribution in [3.63, 3.8) is 0 Å². The third kappa shape index (κ3) is 5.10. The normalized spacial score (nSPS) is 18.9. The smallest absolute Gasteiger partial charge is 0.407 e. The fraction of sp³-hybridized carbons (Fsp3) is 0.478. The monoisotopic (exact) mass is 452 g/mol. The van der Waals surface area contributed by atoms with Crippen molar-refractivity contribution >= 4 is 34.6 Å². The summed E-state index contributed by atoms with van der Waals surface area (Å²) < 4.78 is 5.44. The van der Waals surface area contributed by atoms with E-state index in [0.717, 1.165) is 40.8 Å². The van der Waals surface area contributed by atoms with Gasteiger partial charge >= 0.3 is 6.09 Å². The first-order valence-corrected chi connectivity index (χ1v) is 11.2. The number of alkyl carbamates (subject to hydrolysis) is 1. The zero-order chi connectivity index (χ0) is 23.8. The molecule has 1 aromatic carbocycles. The Morgan fingerprint density at radius 1 is 1.24 bits per heavy atom. The number of carbonyl (C=O) groups is 1. The van der Waals surface area contributed by atoms with Crippen LogP contribution in [-0.4, -0.2) is 57.5 Å². The van der Waals surface area contributed by atoms with E-state index in [1.807, 2.05) is 45.0 Å². The van der Waals surface area contributed by atoms with Gasteiger partial charge in [-0.15, -0.1) is 0 Å². The maximum Gasteiger partial charge on any atom is 0.407 e. The Kier molecular flexibility index (Phi) is 6.01. The second-order valence-corrected chi connectivity index (χ2v) is 9.48. The number of nitrogens with zero attached hydrogens (tertiary/aromatic N) is 4. The van der Waals surface area contributed by atoms with Crippen LogP contribution in [0.3, 0.4) is 0 Å². The third-order valence-electron chi connectivity index (χ3n) is 5.72. The molecule has 1 aliphatic rings. The lowest BCUT2D eigenvalue weighted by molar-refractivity contribution is 0.0497. The molecule has 1 aliphatic heterocycles. The molecule has 1 fully saturated rings. The van der Waals surface area contributed by atoms with E-state index in [9.17, 15) is 4.79 Å². The van der Waals surface area contributed by atoms with Gasteiger partial charge in [-0.25, -0.2) is 9.78 Å². The molecule has 3 heterocycles. The van der Waals surface area contributed by atoms with E-state index >= 15 is 0 Å². The van der Waals surface area contributed by atoms with E-state index in [2.05, 4.69) is 37.6 Å². The van der Waals surface area contributed by atoms with Crippen LogP contribution in [0.15, 0.2) is 24.3 Å². The van der Waals surface area contributed by atoms with Crippen molar-refractivity contribution in [3.05, 3.63) is 24.3 Å². The Bertz CT molecular complexity index is 1150. The number of H-pyrrole nitrogens is 1. The number of aromatic nitrogens is 4. The molecule has 0 saturated carbocycles. The second kappa shape index (κ2) is 8.76. The minimum atomic E-state index is -0.532. The first-order valence-electron chi connectivity index (χ1n) is 11.2. The van der Waals surface area contributed by atoms with E-state index in [4.69, 9.17) is 15.5 Å². The molecule has 10 heteroatoms. The van der Waals surface area contributed by atoms with Gasteiger partial charge in [0.15, 0.2) is 5.82 Å². The third-order valence-corrected chi connectivity index (χ3v) is 5.72. The summed E-state index contributed by atoms with van der Waals surface area (Å²) in [4.78, 5) is 23.9. The van der Waals surface area contributed by atoms with Gasteiger partial charge < -0.3 is 26.0 Å². The number of hydrogen-bond donors (Lipinski definition) is 4. The molecule has 176 valence electrons. The van der Waals surface area contributed by atoms with Gasteiger partial charge in [0.25, 0.3) is 0 Å². The SMILES string of the molecule is CNc1nc(-c2ccc3c(N)n[nH]c3c2)cc(N2C[C@H](NC(=O)OC(C)(C)C)CC[C@@H]2C)n1. The van der Waals surface area contributed by atoms with Gasteiger partial charge in [-0.05, 0) is 52.7 Å². The number of fused-ring (bicyclic) bond motifs is 1. The van der Waals surface area contributed by atoms with Crippen LogP contribution in [0.4, 0.5) is 22.4 Å². The summed E-state index contributed by atoms with van der Waals surface area (Å²) in [5, 5.41) is 14.0. The number of carbonyl (C=O) groups excluding carboxylic acids is 1. The molecule has 0 radical (unpaired) electrons. The minimum absolute atomic E-state index is 0.0307. The maximum absolute atomic E-state index is 12.3. The summed E-state index contributed by atoms with van der Waals surface area (Å²) in [6, 6.07) is 8.12. The van der Waals surface area contributed by atoms with Gasteiger partial charge in [-0.2, -0.15) is 10.1 Å². The molecule has 0 spiro atoms. The molecule has 1 saturated heterocycles. The number of nitrogen functional groups attached to an aromatic ring is 1. The molecule has 0 aliphatic carbocycles. The number of piperidine rings is 1. The fourth-order valence-electron chi connectivity index (χ4n) is 4.06. The molecule has 33 heavy (non-hydrogen) atoms. The standard InChI is InChI=1S/C23H32N8O2/c1-13-6-8-15(26-22(32)33-23(2,3)4)12-31(13)19-11-17(27-21(25-5)28-19)14-7-9-16-18(10-14)29-30-20(16)24/h7,9-11,13,15H,6,8,12H2,1-5H3,(H,26,32)(H3,24,29,30)(H,25,27,28)/t13-,15+/m0/s1. The number of aromatic amines is 1. The summed E-state index contributed by atoms with van der Waals surface area (Å²) >= 11 is 0. The Balaban J connectivity index is 1.60. The van der Waals surface area contributed by atoms with E-state index in [-0.39, 0.29) is 12.1 Å². The molecule has 1 amide bonds. The summed E-state index contributed by atoms with van der Waals surface area (Å²) in [6.45, 7) is 8.38. The van der Waals surface area contributed by atoms with Crippen LogP contribution < -0.4 is 21.3 Å². The van der Waals surface area contributed by atoms with Crippen LogP contribution in [-0.2, 0) is 4.74 Å². The van der Waals surface area contributed by atoms with Crippen LogP contribution in [0.5, 0.6) is 0 Å². The van der Waals surface area contributed by atoms with E-state index in [1.165, 1.54) is 0 Å². The van der Waals surface area contributed by atoms with Gasteiger partial charge in [-0.1, -0.05) is 6.07 Å². The molecule has 5 N–H and O–H groups in total. The van der Waals surface area contributed by atoms with Gasteiger partial charge in [0.1, 0.15) is 11.4 Å². The first-order chi connectivity index (χ1) is 15.6. The zero-order valence-electron chi connectivity index (χ0n) is 19.8. The molecule has 0 bridgehead atoms. The van der Waals surface area contributed by atoms with Crippen LogP contribution in [0.1, 0.15) is 40.5 Å². The highest BCUT2D eigenvalue weighted by atomic mass is 16.6. The number of hydrogen-bond acceptors (Lipinski definition) is 8. The average molecular weight is 453 g/mol. The molecule has 2 aromatic heterocycles. The summed E-state index contributed by atoms with van der Waals surface area (Å²) in [5.41, 5.74) is 7.94. The van der Waals surface area contributed by atoms with Crippen LogP contribution in [0.2, 0.25) is 0 Å². The second-order valence-electron chi connectivity index (χ2n) is 9.48. The molecular weight excluding hydrogens is 420 g/mol. The van der Waals surface area contributed by atoms with Crippen molar-refractivity contribution in [2.24, 2.45) is 0 Å². The average Bonchev–Trinajstić information content (AvgIpc) is 3.13. The largest absolute Gasteiger partial charge is 0.444 e. The maximum atomic E-state index is 12.3. The zero-order valence-corrected chi connectivity index (χ0v) is 19.8. The van der Waals surface area contributed by atoms with Gasteiger partial charge in [-0.3, -0.25) is 5.10 Å². The lowest BCUT2D eigenvalue weighted by Gasteiger charge is -2.39. The summed E-state index contributed by atoms with van der Waals surface area (Å²) in [5.74, 6) is 1.81. The lowest BCUT2D eigenvalue weighted by atomic mass is 9.99. The first kappa shape index (κ1) is 22.6. The molecule has 4 rings (SSSR count). The van der Waals surface area contributed by atoms with E-state index < -0.39 is 11.7 Å². The van der Waals surface area contributed by atoms with E-state index in [1.54, 1.807) is 7.05 Å². The molecule has 10 nitrogen and oxygen atoms in total. The van der Waals surface area contributed by atoms with Crippen LogP contribution in [0, 0.1) is 0 Å². The number of nitrogens with two attached hydrogens (primary N) is 1. The molecular formula is C23H32N8O2. The summed E-state index contributed by atoms with van der Waals surface area (Å²) in [7, 11) is 1.80. The van der Waals surface area contributed by atoms with Gasteiger partial charge in [0, 0.05) is 42.7 Å². The predicted molar refractivity (Wildman–Crippen MR) is 130 cm³/mol. The quantitative estimate of drug-likeness (QED) is 0.472. The predicted octanol–water partition coefficient (Wildman–Crippen LogP) is 3.53. The van der Waals surface area contributed by atoms with Crippen LogP contribution in [0.25, 0.3) is 22.2 Å². The van der Waals surface area contributed by atoms with Crippen LogP contribution >= 0.6 is 0 Å². The molecule has 3 aromatic rings. The fourth-order valence-corrected chi connectivity index (χ4v) is 4.06. The van der Waals surface area contributed by atoms with Crippen molar-refractivity contribution in [1.82, 2.24) is 25.5 Å².